The van der Waals surface area contributed by atoms with Crippen molar-refractivity contribution in [3.63, 3.8) is 0 Å². The van der Waals surface area contributed by atoms with Gasteiger partial charge in [0.1, 0.15) is 17.9 Å². The summed E-state index contributed by atoms with van der Waals surface area (Å²) in [6.45, 7) is 9.62. The van der Waals surface area contributed by atoms with E-state index in [-0.39, 0.29) is 12.0 Å². The lowest BCUT2D eigenvalue weighted by Gasteiger charge is -2.26. The number of ether oxygens (including phenoxy) is 1. The molecule has 0 heterocycles. The van der Waals surface area contributed by atoms with E-state index < -0.39 is 11.5 Å². The summed E-state index contributed by atoms with van der Waals surface area (Å²) < 4.78 is 5.66. The van der Waals surface area contributed by atoms with Crippen LogP contribution in [0.1, 0.15) is 38.8 Å². The Morgan fingerprint density at radius 1 is 1.32 bits per heavy atom. The second-order valence-corrected chi connectivity index (χ2v) is 6.26. The number of hydrogen-bond donors (Lipinski definition) is 2. The van der Waals surface area contributed by atoms with E-state index >= 15 is 0 Å². The summed E-state index contributed by atoms with van der Waals surface area (Å²) in [6, 6.07) is 5.95. The number of nitrogens with two attached hydrogens (primary N) is 1. The Bertz CT molecular complexity index is 473. The van der Waals surface area contributed by atoms with Gasteiger partial charge in [0.15, 0.2) is 0 Å². The van der Waals surface area contributed by atoms with Gasteiger partial charge in [0, 0.05) is 0 Å². The lowest BCUT2D eigenvalue weighted by atomic mass is 9.86. The summed E-state index contributed by atoms with van der Waals surface area (Å²) in [5, 5.41) is 9.00. The average molecular weight is 265 g/mol. The second-order valence-electron chi connectivity index (χ2n) is 6.26. The van der Waals surface area contributed by atoms with Crippen LogP contribution in [0, 0.1) is 6.92 Å². The van der Waals surface area contributed by atoms with Crippen LogP contribution in [-0.4, -0.2) is 23.2 Å². The predicted molar refractivity (Wildman–Crippen MR) is 75.6 cm³/mol. The minimum Gasteiger partial charge on any atom is -0.491 e. The largest absolute Gasteiger partial charge is 0.491 e. The lowest BCUT2D eigenvalue weighted by Crippen LogP contribution is -2.50. The highest BCUT2D eigenvalue weighted by atomic mass is 16.5. The third-order valence-corrected chi connectivity index (χ3v) is 2.96. The van der Waals surface area contributed by atoms with E-state index in [9.17, 15) is 4.79 Å². The van der Waals surface area contributed by atoms with E-state index in [1.54, 1.807) is 0 Å². The molecule has 0 fully saturated rings. The highest BCUT2D eigenvalue weighted by molar-refractivity contribution is 5.78. The first-order valence-corrected chi connectivity index (χ1v) is 6.30. The molecule has 0 spiro atoms. The predicted octanol–water partition coefficient (Wildman–Crippen LogP) is 2.47. The van der Waals surface area contributed by atoms with Gasteiger partial charge in [-0.25, -0.2) is 0 Å². The summed E-state index contributed by atoms with van der Waals surface area (Å²) in [4.78, 5) is 11.0. The van der Waals surface area contributed by atoms with Crippen LogP contribution in [0.3, 0.4) is 0 Å². The quantitative estimate of drug-likeness (QED) is 0.877. The second kappa shape index (κ2) is 5.21. The van der Waals surface area contributed by atoms with E-state index in [1.165, 1.54) is 6.92 Å². The summed E-state index contributed by atoms with van der Waals surface area (Å²) in [5.41, 5.74) is 6.33. The summed E-state index contributed by atoms with van der Waals surface area (Å²) in [5.74, 6) is -0.372. The molecule has 1 aromatic rings. The first-order chi connectivity index (χ1) is 8.54. The van der Waals surface area contributed by atoms with Crippen LogP contribution >= 0.6 is 0 Å². The lowest BCUT2D eigenvalue weighted by molar-refractivity contribution is -0.143. The summed E-state index contributed by atoms with van der Waals surface area (Å²) >= 11 is 0. The molecule has 0 radical (unpaired) electrons. The Hall–Kier alpha value is -1.55. The molecule has 1 unspecified atom stereocenters. The van der Waals surface area contributed by atoms with Crippen LogP contribution in [0.25, 0.3) is 0 Å². The fraction of sp³-hybridized carbons (Fsp3) is 0.533. The monoisotopic (exact) mass is 265 g/mol. The van der Waals surface area contributed by atoms with Crippen molar-refractivity contribution in [1.82, 2.24) is 0 Å². The average Bonchev–Trinajstić information content (AvgIpc) is 2.24. The van der Waals surface area contributed by atoms with Gasteiger partial charge in [0.2, 0.25) is 0 Å². The highest BCUT2D eigenvalue weighted by Gasteiger charge is 2.30. The van der Waals surface area contributed by atoms with Crippen LogP contribution in [0.15, 0.2) is 18.2 Å². The van der Waals surface area contributed by atoms with Crippen molar-refractivity contribution in [1.29, 1.82) is 0 Å². The minimum absolute atomic E-state index is 0.0606. The standard InChI is InChI=1S/C15H23NO3/c1-10-6-7-11(14(2,3)4)12(8-10)19-9-15(5,16)13(17)18/h6-8H,9,16H2,1-5H3,(H,17,18). The molecular formula is C15H23NO3. The first-order valence-electron chi connectivity index (χ1n) is 6.30. The molecule has 1 aromatic carbocycles. The Labute approximate surface area is 114 Å². The highest BCUT2D eigenvalue weighted by Crippen LogP contribution is 2.32. The van der Waals surface area contributed by atoms with Crippen molar-refractivity contribution < 1.29 is 14.6 Å². The normalized spacial score (nSPS) is 14.8. The zero-order chi connectivity index (χ0) is 14.8. The molecule has 0 saturated heterocycles. The van der Waals surface area contributed by atoms with Gasteiger partial charge in [-0.3, -0.25) is 4.79 Å². The topological polar surface area (TPSA) is 72.5 Å². The fourth-order valence-electron chi connectivity index (χ4n) is 1.66. The van der Waals surface area contributed by atoms with E-state index in [0.717, 1.165) is 11.1 Å². The van der Waals surface area contributed by atoms with Gasteiger partial charge in [-0.1, -0.05) is 32.9 Å². The number of aryl methyl sites for hydroxylation is 1. The molecular weight excluding hydrogens is 242 g/mol. The summed E-state index contributed by atoms with van der Waals surface area (Å²) in [6.07, 6.45) is 0. The van der Waals surface area contributed by atoms with Crippen LogP contribution in [-0.2, 0) is 10.2 Å². The molecule has 3 N–H and O–H groups in total. The van der Waals surface area contributed by atoms with Gasteiger partial charge in [-0.05, 0) is 36.5 Å². The number of hydrogen-bond acceptors (Lipinski definition) is 3. The zero-order valence-corrected chi connectivity index (χ0v) is 12.3. The zero-order valence-electron chi connectivity index (χ0n) is 12.3. The van der Waals surface area contributed by atoms with Crippen molar-refractivity contribution in [2.45, 2.75) is 45.6 Å². The van der Waals surface area contributed by atoms with Crippen molar-refractivity contribution in [2.75, 3.05) is 6.61 Å². The number of carbonyl (C=O) groups is 1. The Kier molecular flexibility index (Phi) is 4.25. The molecule has 0 bridgehead atoms. The third kappa shape index (κ3) is 3.96. The van der Waals surface area contributed by atoms with E-state index in [4.69, 9.17) is 15.6 Å². The van der Waals surface area contributed by atoms with Crippen molar-refractivity contribution >= 4 is 5.97 Å². The smallest absolute Gasteiger partial charge is 0.326 e. The van der Waals surface area contributed by atoms with Gasteiger partial charge in [-0.2, -0.15) is 0 Å². The first kappa shape index (κ1) is 15.5. The number of benzene rings is 1. The fourth-order valence-corrected chi connectivity index (χ4v) is 1.66. The Balaban J connectivity index is 3.01. The van der Waals surface area contributed by atoms with E-state index in [1.807, 2.05) is 25.1 Å². The van der Waals surface area contributed by atoms with Crippen molar-refractivity contribution in [3.05, 3.63) is 29.3 Å². The van der Waals surface area contributed by atoms with Crippen molar-refractivity contribution in [2.24, 2.45) is 5.73 Å². The number of carboxylic acid groups (broad SMARTS) is 1. The van der Waals surface area contributed by atoms with Crippen molar-refractivity contribution in [3.8, 4) is 5.75 Å². The number of aliphatic carboxylic acids is 1. The number of rotatable bonds is 4. The minimum atomic E-state index is -1.39. The van der Waals surface area contributed by atoms with Crippen LogP contribution in [0.4, 0.5) is 0 Å². The molecule has 0 aliphatic heterocycles. The summed E-state index contributed by atoms with van der Waals surface area (Å²) in [7, 11) is 0. The van der Waals surface area contributed by atoms with Gasteiger partial charge in [-0.15, -0.1) is 0 Å². The van der Waals surface area contributed by atoms with E-state index in [2.05, 4.69) is 20.8 Å². The molecule has 4 heteroatoms. The molecule has 0 aliphatic rings. The molecule has 0 amide bonds. The maximum Gasteiger partial charge on any atom is 0.326 e. The van der Waals surface area contributed by atoms with Gasteiger partial charge in [0.25, 0.3) is 0 Å². The van der Waals surface area contributed by atoms with Gasteiger partial charge < -0.3 is 15.6 Å². The molecule has 1 rings (SSSR count). The van der Waals surface area contributed by atoms with Gasteiger partial charge in [0.05, 0.1) is 0 Å². The molecule has 4 nitrogen and oxygen atoms in total. The van der Waals surface area contributed by atoms with E-state index in [0.29, 0.717) is 5.75 Å². The molecule has 0 saturated carbocycles. The molecule has 106 valence electrons. The molecule has 19 heavy (non-hydrogen) atoms. The number of carboxylic acids is 1. The van der Waals surface area contributed by atoms with Crippen LogP contribution in [0.2, 0.25) is 0 Å². The molecule has 0 aliphatic carbocycles. The van der Waals surface area contributed by atoms with Crippen LogP contribution in [0.5, 0.6) is 5.75 Å². The molecule has 0 aromatic heterocycles. The maximum atomic E-state index is 11.0. The Morgan fingerprint density at radius 3 is 2.37 bits per heavy atom. The molecule has 1 atom stereocenters. The maximum absolute atomic E-state index is 11.0. The SMILES string of the molecule is Cc1ccc(C(C)(C)C)c(OCC(C)(N)C(=O)O)c1. The Morgan fingerprint density at radius 2 is 1.89 bits per heavy atom. The third-order valence-electron chi connectivity index (χ3n) is 2.96. The van der Waals surface area contributed by atoms with Crippen LogP contribution < -0.4 is 10.5 Å². The van der Waals surface area contributed by atoms with Gasteiger partial charge >= 0.3 is 5.97 Å².